The van der Waals surface area contributed by atoms with E-state index in [2.05, 4.69) is 11.7 Å². The minimum atomic E-state index is -0.252. The number of aromatic nitrogens is 2. The molecule has 17 heavy (non-hydrogen) atoms. The number of hydrogen-bond donors (Lipinski definition) is 0. The molecule has 2 rings (SSSR count). The Hall–Kier alpha value is -1.61. The molecule has 0 atom stereocenters. The Morgan fingerprint density at radius 1 is 1.41 bits per heavy atom. The fraction of sp³-hybridized carbons (Fsp3) is 0.154. The zero-order valence-electron chi connectivity index (χ0n) is 9.67. The van der Waals surface area contributed by atoms with Gasteiger partial charge in [-0.3, -0.25) is 0 Å². The highest BCUT2D eigenvalue weighted by molar-refractivity contribution is 6.48. The average molecular weight is 251 g/mol. The third-order valence-corrected chi connectivity index (χ3v) is 2.89. The molecule has 1 aromatic heterocycles. The molecule has 0 saturated heterocycles. The van der Waals surface area contributed by atoms with Gasteiger partial charge in [-0.25, -0.2) is 9.07 Å². The minimum Gasteiger partial charge on any atom is -0.237 e. The highest BCUT2D eigenvalue weighted by Gasteiger charge is 2.11. The van der Waals surface area contributed by atoms with Crippen molar-refractivity contribution in [1.82, 2.24) is 9.78 Å². The van der Waals surface area contributed by atoms with Crippen molar-refractivity contribution < 1.29 is 4.39 Å². The molecule has 1 heterocycles. The summed E-state index contributed by atoms with van der Waals surface area (Å²) in [6.45, 7) is 7.43. The Morgan fingerprint density at radius 3 is 2.65 bits per heavy atom. The van der Waals surface area contributed by atoms with Crippen LogP contribution in [0.2, 0.25) is 0 Å². The van der Waals surface area contributed by atoms with Gasteiger partial charge in [-0.1, -0.05) is 18.2 Å². The van der Waals surface area contributed by atoms with E-state index < -0.39 is 0 Å². The Kier molecular flexibility index (Phi) is 3.03. The van der Waals surface area contributed by atoms with Crippen LogP contribution in [0.1, 0.15) is 16.8 Å². The molecule has 0 saturated carbocycles. The van der Waals surface area contributed by atoms with E-state index in [0.717, 1.165) is 22.5 Å². The predicted octanol–water partition coefficient (Wildman–Crippen LogP) is 3.84. The lowest BCUT2D eigenvalue weighted by Gasteiger charge is -2.08. The number of aryl methyl sites for hydroxylation is 1. The Balaban J connectivity index is 2.57. The summed E-state index contributed by atoms with van der Waals surface area (Å²) >= 11 is 5.87. The Morgan fingerprint density at radius 2 is 2.12 bits per heavy atom. The molecular formula is C13H12ClFN2. The second kappa shape index (κ2) is 4.34. The van der Waals surface area contributed by atoms with Crippen molar-refractivity contribution in [2.75, 3.05) is 0 Å². The van der Waals surface area contributed by atoms with Crippen LogP contribution in [-0.2, 0) is 0 Å². The van der Waals surface area contributed by atoms with Crippen LogP contribution in [0, 0.1) is 19.7 Å². The fourth-order valence-electron chi connectivity index (χ4n) is 1.78. The van der Waals surface area contributed by atoms with Gasteiger partial charge < -0.3 is 0 Å². The van der Waals surface area contributed by atoms with Gasteiger partial charge in [-0.05, 0) is 37.6 Å². The molecule has 0 N–H and O–H groups in total. The van der Waals surface area contributed by atoms with Crippen LogP contribution in [0.4, 0.5) is 4.39 Å². The van der Waals surface area contributed by atoms with E-state index in [1.165, 1.54) is 12.1 Å². The van der Waals surface area contributed by atoms with Crippen molar-refractivity contribution in [3.63, 3.8) is 0 Å². The van der Waals surface area contributed by atoms with Gasteiger partial charge in [0.1, 0.15) is 5.82 Å². The van der Waals surface area contributed by atoms with E-state index in [1.807, 2.05) is 13.8 Å². The van der Waals surface area contributed by atoms with Gasteiger partial charge in [0.05, 0.1) is 11.9 Å². The molecule has 0 aliphatic heterocycles. The van der Waals surface area contributed by atoms with E-state index >= 15 is 0 Å². The zero-order valence-corrected chi connectivity index (χ0v) is 10.4. The molecule has 0 radical (unpaired) electrons. The quantitative estimate of drug-likeness (QED) is 0.792. The van der Waals surface area contributed by atoms with Crippen molar-refractivity contribution in [2.24, 2.45) is 0 Å². The maximum Gasteiger partial charge on any atom is 0.123 e. The molecule has 0 spiro atoms. The van der Waals surface area contributed by atoms with E-state index in [4.69, 9.17) is 11.6 Å². The average Bonchev–Trinajstić information content (AvgIpc) is 2.60. The van der Waals surface area contributed by atoms with Crippen molar-refractivity contribution in [2.45, 2.75) is 13.8 Å². The molecule has 0 aliphatic rings. The van der Waals surface area contributed by atoms with Crippen molar-refractivity contribution in [3.8, 4) is 5.69 Å². The summed E-state index contributed by atoms with van der Waals surface area (Å²) in [4.78, 5) is 0. The van der Waals surface area contributed by atoms with E-state index in [1.54, 1.807) is 16.9 Å². The second-order valence-corrected chi connectivity index (χ2v) is 4.35. The summed E-state index contributed by atoms with van der Waals surface area (Å²) in [6, 6.07) is 4.59. The fourth-order valence-corrected chi connectivity index (χ4v) is 1.96. The smallest absolute Gasteiger partial charge is 0.123 e. The summed E-state index contributed by atoms with van der Waals surface area (Å²) in [5.41, 5.74) is 3.35. The Bertz CT molecular complexity index is 587. The molecular weight excluding hydrogens is 239 g/mol. The molecule has 2 nitrogen and oxygen atoms in total. The summed E-state index contributed by atoms with van der Waals surface area (Å²) in [5, 5.41) is 4.70. The van der Waals surface area contributed by atoms with Crippen molar-refractivity contribution >= 4 is 16.6 Å². The van der Waals surface area contributed by atoms with Gasteiger partial charge >= 0.3 is 0 Å². The number of rotatable bonds is 2. The van der Waals surface area contributed by atoms with Crippen molar-refractivity contribution in [1.29, 1.82) is 0 Å². The maximum atomic E-state index is 13.0. The van der Waals surface area contributed by atoms with Gasteiger partial charge in [0.2, 0.25) is 0 Å². The highest BCUT2D eigenvalue weighted by atomic mass is 35.5. The van der Waals surface area contributed by atoms with E-state index in [9.17, 15) is 4.39 Å². The largest absolute Gasteiger partial charge is 0.237 e. The van der Waals surface area contributed by atoms with Gasteiger partial charge in [0, 0.05) is 16.3 Å². The first kappa shape index (κ1) is 11.9. The molecule has 1 aromatic carbocycles. The zero-order chi connectivity index (χ0) is 12.6. The van der Waals surface area contributed by atoms with Crippen LogP contribution in [0.25, 0.3) is 10.7 Å². The van der Waals surface area contributed by atoms with Gasteiger partial charge in [0.15, 0.2) is 0 Å². The molecule has 0 fully saturated rings. The van der Waals surface area contributed by atoms with Crippen LogP contribution in [0.5, 0.6) is 0 Å². The molecule has 2 aromatic rings. The van der Waals surface area contributed by atoms with Crippen LogP contribution >= 0.6 is 11.6 Å². The van der Waals surface area contributed by atoms with Crippen LogP contribution in [0.3, 0.4) is 0 Å². The van der Waals surface area contributed by atoms with Crippen molar-refractivity contribution in [3.05, 3.63) is 53.6 Å². The Labute approximate surface area is 104 Å². The summed E-state index contributed by atoms with van der Waals surface area (Å²) in [7, 11) is 0. The molecule has 0 bridgehead atoms. The lowest BCUT2D eigenvalue weighted by molar-refractivity contribution is 0.625. The molecule has 0 unspecified atom stereocenters. The predicted molar refractivity (Wildman–Crippen MR) is 67.9 cm³/mol. The first-order valence-corrected chi connectivity index (χ1v) is 5.54. The molecule has 88 valence electrons. The summed E-state index contributed by atoms with van der Waals surface area (Å²) in [6.07, 6.45) is 1.66. The normalized spacial score (nSPS) is 10.6. The lowest BCUT2D eigenvalue weighted by Crippen LogP contribution is -2.01. The molecule has 0 aliphatic carbocycles. The lowest BCUT2D eigenvalue weighted by atomic mass is 10.2. The number of hydrogen-bond acceptors (Lipinski definition) is 1. The van der Waals surface area contributed by atoms with E-state index in [-0.39, 0.29) is 5.82 Å². The minimum absolute atomic E-state index is 0.252. The van der Waals surface area contributed by atoms with Crippen LogP contribution in [-0.4, -0.2) is 9.78 Å². The topological polar surface area (TPSA) is 17.8 Å². The van der Waals surface area contributed by atoms with E-state index in [0.29, 0.717) is 5.03 Å². The highest BCUT2D eigenvalue weighted by Crippen LogP contribution is 2.24. The SMILES string of the molecule is C=C(Cl)c1cnn(-c2ccc(F)cc2C)c1C. The molecule has 0 amide bonds. The van der Waals surface area contributed by atoms with Gasteiger partial charge in [-0.15, -0.1) is 0 Å². The van der Waals surface area contributed by atoms with Gasteiger partial charge in [0.25, 0.3) is 0 Å². The first-order chi connectivity index (χ1) is 8.00. The number of halogens is 2. The summed E-state index contributed by atoms with van der Waals surface area (Å²) < 4.78 is 14.8. The number of benzene rings is 1. The molecule has 4 heteroatoms. The second-order valence-electron chi connectivity index (χ2n) is 3.89. The van der Waals surface area contributed by atoms with Gasteiger partial charge in [-0.2, -0.15) is 5.10 Å². The maximum absolute atomic E-state index is 13.0. The third-order valence-electron chi connectivity index (χ3n) is 2.69. The summed E-state index contributed by atoms with van der Waals surface area (Å²) in [5.74, 6) is -0.252. The monoisotopic (exact) mass is 250 g/mol. The first-order valence-electron chi connectivity index (χ1n) is 5.16. The third kappa shape index (κ3) is 2.11. The standard InChI is InChI=1S/C13H12ClFN2/c1-8-6-11(15)4-5-13(8)17-10(3)12(7-16-17)9(2)14/h4-7H,2H2,1,3H3. The van der Waals surface area contributed by atoms with Crippen LogP contribution in [0.15, 0.2) is 31.0 Å². The van der Waals surface area contributed by atoms with Crippen LogP contribution < -0.4 is 0 Å². The number of nitrogens with zero attached hydrogens (tertiary/aromatic N) is 2.